The van der Waals surface area contributed by atoms with Crippen LogP contribution >= 0.6 is 24.4 Å². The lowest BCUT2D eigenvalue weighted by atomic mass is 9.86. The third kappa shape index (κ3) is 7.13. The summed E-state index contributed by atoms with van der Waals surface area (Å²) in [5.41, 5.74) is 7.60. The summed E-state index contributed by atoms with van der Waals surface area (Å²) in [4.78, 5) is 52.4. The number of aliphatic carboxylic acids is 1. The van der Waals surface area contributed by atoms with Crippen molar-refractivity contribution in [3.63, 3.8) is 0 Å². The SMILES string of the molecule is CSCC[C@@H](NC(=O)N1Cc2ccccc2CC1C(=O)[C@@H](NC(=O)[C@@H](N)CS)C(C)C)C(=O)O. The Hall–Kier alpha value is -2.24. The van der Waals surface area contributed by atoms with Crippen LogP contribution in [-0.2, 0) is 27.3 Å². The fourth-order valence-corrected chi connectivity index (χ4v) is 4.47. The van der Waals surface area contributed by atoms with Crippen molar-refractivity contribution in [3.8, 4) is 0 Å². The van der Waals surface area contributed by atoms with E-state index in [1.165, 1.54) is 16.7 Å². The van der Waals surface area contributed by atoms with Gasteiger partial charge in [0, 0.05) is 18.7 Å². The first-order chi connectivity index (χ1) is 16.1. The van der Waals surface area contributed by atoms with E-state index in [1.54, 1.807) is 13.8 Å². The van der Waals surface area contributed by atoms with Crippen LogP contribution in [0.15, 0.2) is 24.3 Å². The van der Waals surface area contributed by atoms with Gasteiger partial charge in [0.15, 0.2) is 5.78 Å². The number of hydrogen-bond donors (Lipinski definition) is 5. The number of carbonyl (C=O) groups excluding carboxylic acids is 3. The van der Waals surface area contributed by atoms with E-state index in [1.807, 2.05) is 30.5 Å². The molecule has 5 N–H and O–H groups in total. The first kappa shape index (κ1) is 28.0. The Balaban J connectivity index is 2.34. The van der Waals surface area contributed by atoms with Gasteiger partial charge in [-0.2, -0.15) is 24.4 Å². The number of nitrogens with one attached hydrogen (secondary N) is 2. The van der Waals surface area contributed by atoms with Gasteiger partial charge in [0.25, 0.3) is 0 Å². The second-order valence-electron chi connectivity index (χ2n) is 8.66. The number of carbonyl (C=O) groups is 4. The van der Waals surface area contributed by atoms with Gasteiger partial charge in [-0.3, -0.25) is 9.59 Å². The summed E-state index contributed by atoms with van der Waals surface area (Å²) >= 11 is 5.53. The molecule has 1 aliphatic rings. The second kappa shape index (κ2) is 13.0. The molecule has 188 valence electrons. The average Bonchev–Trinajstić information content (AvgIpc) is 2.82. The molecule has 1 unspecified atom stereocenters. The number of benzene rings is 1. The molecule has 0 aliphatic carbocycles. The zero-order valence-electron chi connectivity index (χ0n) is 19.7. The number of thioether (sulfide) groups is 1. The lowest BCUT2D eigenvalue weighted by Gasteiger charge is -2.39. The summed E-state index contributed by atoms with van der Waals surface area (Å²) in [6.07, 6.45) is 2.39. The van der Waals surface area contributed by atoms with Crippen molar-refractivity contribution in [1.82, 2.24) is 15.5 Å². The molecule has 0 radical (unpaired) electrons. The van der Waals surface area contributed by atoms with Gasteiger partial charge in [-0.05, 0) is 35.5 Å². The molecule has 0 saturated carbocycles. The molecule has 34 heavy (non-hydrogen) atoms. The predicted octanol–water partition coefficient (Wildman–Crippen LogP) is 1.30. The van der Waals surface area contributed by atoms with Crippen LogP contribution < -0.4 is 16.4 Å². The standard InChI is InChI=1S/C23H34N4O5S2/c1-13(2)19(26-21(29)16(24)12-33)20(28)18-10-14-6-4-5-7-15(14)11-27(18)23(32)25-17(22(30)31)8-9-34-3/h4-7,13,16-19,33H,8-12,24H2,1-3H3,(H,25,32)(H,26,29)(H,30,31)/t16-,17+,18?,19-/m0/s1. The van der Waals surface area contributed by atoms with E-state index in [2.05, 4.69) is 23.3 Å². The Morgan fingerprint density at radius 1 is 1.21 bits per heavy atom. The van der Waals surface area contributed by atoms with Crippen molar-refractivity contribution in [2.45, 2.75) is 57.4 Å². The minimum absolute atomic E-state index is 0.128. The molecule has 0 saturated heterocycles. The number of rotatable bonds is 11. The number of nitrogens with zero attached hydrogens (tertiary/aromatic N) is 1. The smallest absolute Gasteiger partial charge is 0.326 e. The fraction of sp³-hybridized carbons (Fsp3) is 0.565. The zero-order valence-corrected chi connectivity index (χ0v) is 21.4. The summed E-state index contributed by atoms with van der Waals surface area (Å²) < 4.78 is 0. The summed E-state index contributed by atoms with van der Waals surface area (Å²) in [5, 5.41) is 14.8. The van der Waals surface area contributed by atoms with Crippen LogP contribution in [0.1, 0.15) is 31.4 Å². The minimum atomic E-state index is -1.13. The molecule has 0 bridgehead atoms. The summed E-state index contributed by atoms with van der Waals surface area (Å²) in [5.74, 6) is -1.50. The zero-order chi connectivity index (χ0) is 25.4. The predicted molar refractivity (Wildman–Crippen MR) is 136 cm³/mol. The molecule has 1 aromatic rings. The van der Waals surface area contributed by atoms with Crippen LogP contribution in [-0.4, -0.2) is 75.6 Å². The molecule has 0 fully saturated rings. The molecule has 1 aromatic carbocycles. The van der Waals surface area contributed by atoms with Gasteiger partial charge in [-0.15, -0.1) is 0 Å². The summed E-state index contributed by atoms with van der Waals surface area (Å²) in [6.45, 7) is 3.76. The highest BCUT2D eigenvalue weighted by molar-refractivity contribution is 7.98. The van der Waals surface area contributed by atoms with E-state index in [0.717, 1.165) is 11.1 Å². The number of Topliss-reactive ketones (excluding diaryl/α,β-unsaturated/α-hetero) is 1. The fourth-order valence-electron chi connectivity index (χ4n) is 3.83. The Morgan fingerprint density at radius 2 is 1.85 bits per heavy atom. The van der Waals surface area contributed by atoms with Crippen molar-refractivity contribution in [3.05, 3.63) is 35.4 Å². The van der Waals surface area contributed by atoms with E-state index in [4.69, 9.17) is 5.73 Å². The van der Waals surface area contributed by atoms with Crippen molar-refractivity contribution in [2.75, 3.05) is 17.8 Å². The number of carboxylic acids is 1. The number of hydrogen-bond acceptors (Lipinski definition) is 7. The molecule has 2 rings (SSSR count). The maximum atomic E-state index is 13.7. The molecular weight excluding hydrogens is 476 g/mol. The molecule has 4 atom stereocenters. The minimum Gasteiger partial charge on any atom is -0.480 e. The van der Waals surface area contributed by atoms with Gasteiger partial charge in [-0.25, -0.2) is 9.59 Å². The van der Waals surface area contributed by atoms with Gasteiger partial charge < -0.3 is 26.4 Å². The van der Waals surface area contributed by atoms with Gasteiger partial charge in [0.2, 0.25) is 5.91 Å². The van der Waals surface area contributed by atoms with E-state index >= 15 is 0 Å². The summed E-state index contributed by atoms with van der Waals surface area (Å²) in [7, 11) is 0. The number of ketones is 1. The van der Waals surface area contributed by atoms with Gasteiger partial charge in [0.05, 0.1) is 18.1 Å². The molecule has 0 aromatic heterocycles. The number of thiol groups is 1. The van der Waals surface area contributed by atoms with Crippen LogP contribution in [0.5, 0.6) is 0 Å². The molecular formula is C23H34N4O5S2. The van der Waals surface area contributed by atoms with Crippen LogP contribution in [0.2, 0.25) is 0 Å². The van der Waals surface area contributed by atoms with Gasteiger partial charge in [-0.1, -0.05) is 38.1 Å². The maximum absolute atomic E-state index is 13.7. The highest BCUT2D eigenvalue weighted by Crippen LogP contribution is 2.26. The van der Waals surface area contributed by atoms with Gasteiger partial charge >= 0.3 is 12.0 Å². The molecule has 0 spiro atoms. The average molecular weight is 511 g/mol. The highest BCUT2D eigenvalue weighted by Gasteiger charge is 2.40. The van der Waals surface area contributed by atoms with Crippen LogP contribution in [0.4, 0.5) is 4.79 Å². The van der Waals surface area contributed by atoms with Crippen molar-refractivity contribution in [2.24, 2.45) is 11.7 Å². The number of fused-ring (bicyclic) bond motifs is 1. The normalized spacial score (nSPS) is 17.9. The Morgan fingerprint density at radius 3 is 2.41 bits per heavy atom. The Bertz CT molecular complexity index is 898. The number of nitrogens with two attached hydrogens (primary N) is 1. The molecule has 3 amide bonds. The molecule has 9 nitrogen and oxygen atoms in total. The lowest BCUT2D eigenvalue weighted by Crippen LogP contribution is -2.60. The van der Waals surface area contributed by atoms with Crippen molar-refractivity contribution in [1.29, 1.82) is 0 Å². The quantitative estimate of drug-likeness (QED) is 0.283. The Kier molecular flexibility index (Phi) is 10.7. The van der Waals surface area contributed by atoms with E-state index in [9.17, 15) is 24.3 Å². The Labute approximate surface area is 210 Å². The third-order valence-corrected chi connectivity index (χ3v) is 6.89. The van der Waals surface area contributed by atoms with Crippen LogP contribution in [0, 0.1) is 5.92 Å². The lowest BCUT2D eigenvalue weighted by molar-refractivity contribution is -0.139. The van der Waals surface area contributed by atoms with Crippen molar-refractivity contribution < 1.29 is 24.3 Å². The van der Waals surface area contributed by atoms with Crippen LogP contribution in [0.3, 0.4) is 0 Å². The second-order valence-corrected chi connectivity index (χ2v) is 10.0. The first-order valence-electron chi connectivity index (χ1n) is 11.2. The molecule has 11 heteroatoms. The van der Waals surface area contributed by atoms with Gasteiger partial charge in [0.1, 0.15) is 6.04 Å². The topological polar surface area (TPSA) is 142 Å². The number of amides is 3. The largest absolute Gasteiger partial charge is 0.480 e. The molecule has 1 aliphatic heterocycles. The first-order valence-corrected chi connectivity index (χ1v) is 13.2. The number of urea groups is 1. The summed E-state index contributed by atoms with van der Waals surface area (Å²) in [6, 6.07) is 3.22. The third-order valence-electron chi connectivity index (χ3n) is 5.85. The van der Waals surface area contributed by atoms with Crippen molar-refractivity contribution >= 4 is 48.1 Å². The maximum Gasteiger partial charge on any atom is 0.326 e. The number of carboxylic acid groups (broad SMARTS) is 1. The van der Waals surface area contributed by atoms with E-state index in [-0.39, 0.29) is 36.8 Å². The van der Waals surface area contributed by atoms with Crippen LogP contribution in [0.25, 0.3) is 0 Å². The van der Waals surface area contributed by atoms with E-state index in [0.29, 0.717) is 5.75 Å². The monoisotopic (exact) mass is 510 g/mol. The molecule has 1 heterocycles. The van der Waals surface area contributed by atoms with E-state index < -0.39 is 42.1 Å². The highest BCUT2D eigenvalue weighted by atomic mass is 32.2.